The number of nitrogens with zero attached hydrogens (tertiary/aromatic N) is 4. The predicted molar refractivity (Wildman–Crippen MR) is 58.0 cm³/mol. The first kappa shape index (κ1) is 13.3. The van der Waals surface area contributed by atoms with Crippen LogP contribution in [0.5, 0.6) is 0 Å². The molecule has 0 N–H and O–H groups in total. The van der Waals surface area contributed by atoms with E-state index in [-0.39, 0.29) is 16.7 Å². The van der Waals surface area contributed by atoms with Crippen molar-refractivity contribution in [2.45, 2.75) is 6.18 Å². The van der Waals surface area contributed by atoms with E-state index in [1.807, 2.05) is 0 Å². The first-order valence-electron chi connectivity index (χ1n) is 4.71. The van der Waals surface area contributed by atoms with E-state index in [1.165, 1.54) is 0 Å². The molecule has 10 heteroatoms. The van der Waals surface area contributed by atoms with Gasteiger partial charge in [-0.05, 0) is 0 Å². The SMILES string of the molecule is O=[N+]([O-])c1cc(Cl)nc(-n2cc(C(F)(F)F)cn2)c1. The number of rotatable bonds is 2. The van der Waals surface area contributed by atoms with Crippen LogP contribution in [0.2, 0.25) is 5.15 Å². The first-order valence-corrected chi connectivity index (χ1v) is 5.09. The Morgan fingerprint density at radius 2 is 2.05 bits per heavy atom. The lowest BCUT2D eigenvalue weighted by molar-refractivity contribution is -0.384. The third-order valence-electron chi connectivity index (χ3n) is 2.12. The smallest absolute Gasteiger partial charge is 0.258 e. The van der Waals surface area contributed by atoms with E-state index in [4.69, 9.17) is 11.6 Å². The quantitative estimate of drug-likeness (QED) is 0.484. The predicted octanol–water partition coefficient (Wildman–Crippen LogP) is 2.85. The Labute approximate surface area is 108 Å². The molecule has 19 heavy (non-hydrogen) atoms. The maximum atomic E-state index is 12.4. The van der Waals surface area contributed by atoms with Crippen LogP contribution in [-0.2, 0) is 6.18 Å². The van der Waals surface area contributed by atoms with Gasteiger partial charge in [-0.25, -0.2) is 9.67 Å². The standard InChI is InChI=1S/C9H4ClF3N4O2/c10-7-1-6(17(18)19)2-8(15-7)16-4-5(3-14-16)9(11,12)13/h1-4H. The van der Waals surface area contributed by atoms with Crippen LogP contribution in [0.1, 0.15) is 5.56 Å². The molecule has 2 aromatic heterocycles. The van der Waals surface area contributed by atoms with Crippen molar-refractivity contribution < 1.29 is 18.1 Å². The molecule has 0 bridgehead atoms. The zero-order valence-electron chi connectivity index (χ0n) is 8.93. The molecule has 6 nitrogen and oxygen atoms in total. The highest BCUT2D eigenvalue weighted by atomic mass is 35.5. The molecule has 2 aromatic rings. The summed E-state index contributed by atoms with van der Waals surface area (Å²) >= 11 is 5.56. The zero-order valence-corrected chi connectivity index (χ0v) is 9.68. The molecule has 0 atom stereocenters. The summed E-state index contributed by atoms with van der Waals surface area (Å²) in [5.41, 5.74) is -1.38. The lowest BCUT2D eigenvalue weighted by atomic mass is 10.3. The summed E-state index contributed by atoms with van der Waals surface area (Å²) in [4.78, 5) is 13.6. The summed E-state index contributed by atoms with van der Waals surface area (Å²) in [5, 5.41) is 13.8. The van der Waals surface area contributed by atoms with Gasteiger partial charge in [0.1, 0.15) is 5.15 Å². The van der Waals surface area contributed by atoms with Crippen molar-refractivity contribution in [3.8, 4) is 5.82 Å². The number of nitro groups is 1. The largest absolute Gasteiger partial charge is 0.419 e. The molecule has 0 aliphatic rings. The molecular weight excluding hydrogens is 289 g/mol. The van der Waals surface area contributed by atoms with Crippen LogP contribution in [0.15, 0.2) is 24.5 Å². The maximum Gasteiger partial charge on any atom is 0.419 e. The molecule has 100 valence electrons. The minimum Gasteiger partial charge on any atom is -0.258 e. The zero-order chi connectivity index (χ0) is 14.2. The van der Waals surface area contributed by atoms with Crippen molar-refractivity contribution in [1.29, 1.82) is 0 Å². The number of hydrogen-bond donors (Lipinski definition) is 0. The van der Waals surface area contributed by atoms with Crippen LogP contribution in [-0.4, -0.2) is 19.7 Å². The number of halogens is 4. The fourth-order valence-corrected chi connectivity index (χ4v) is 1.49. The second-order valence-corrected chi connectivity index (χ2v) is 3.82. The summed E-state index contributed by atoms with van der Waals surface area (Å²) in [6.07, 6.45) is -3.29. The highest BCUT2D eigenvalue weighted by Crippen LogP contribution is 2.29. The van der Waals surface area contributed by atoms with E-state index < -0.39 is 16.7 Å². The van der Waals surface area contributed by atoms with Gasteiger partial charge in [0.25, 0.3) is 5.69 Å². The Balaban J connectivity index is 2.47. The van der Waals surface area contributed by atoms with Crippen LogP contribution in [0, 0.1) is 10.1 Å². The van der Waals surface area contributed by atoms with Crippen LogP contribution in [0.4, 0.5) is 18.9 Å². The summed E-state index contributed by atoms with van der Waals surface area (Å²) in [5.74, 6) is -0.172. The van der Waals surface area contributed by atoms with Crippen LogP contribution < -0.4 is 0 Å². The van der Waals surface area contributed by atoms with Gasteiger partial charge in [-0.2, -0.15) is 18.3 Å². The fraction of sp³-hybridized carbons (Fsp3) is 0.111. The molecule has 0 fully saturated rings. The number of aromatic nitrogens is 3. The van der Waals surface area contributed by atoms with Crippen molar-refractivity contribution in [2.24, 2.45) is 0 Å². The summed E-state index contributed by atoms with van der Waals surface area (Å²) in [7, 11) is 0. The normalized spacial score (nSPS) is 11.6. The molecule has 0 aromatic carbocycles. The topological polar surface area (TPSA) is 73.8 Å². The molecule has 0 saturated heterocycles. The minimum absolute atomic E-state index is 0.172. The number of pyridine rings is 1. The van der Waals surface area contributed by atoms with Gasteiger partial charge < -0.3 is 0 Å². The van der Waals surface area contributed by atoms with Gasteiger partial charge in [0, 0.05) is 6.20 Å². The molecule has 0 aliphatic carbocycles. The van der Waals surface area contributed by atoms with Crippen molar-refractivity contribution in [2.75, 3.05) is 0 Å². The van der Waals surface area contributed by atoms with Crippen molar-refractivity contribution >= 4 is 17.3 Å². The summed E-state index contributed by atoms with van der Waals surface area (Å²) in [6, 6.07) is 1.96. The van der Waals surface area contributed by atoms with Gasteiger partial charge in [-0.3, -0.25) is 10.1 Å². The molecular formula is C9H4ClF3N4O2. The lowest BCUT2D eigenvalue weighted by Gasteiger charge is -2.02. The third-order valence-corrected chi connectivity index (χ3v) is 2.31. The second kappa shape index (κ2) is 4.50. The summed E-state index contributed by atoms with van der Waals surface area (Å²) < 4.78 is 38.0. The van der Waals surface area contributed by atoms with Gasteiger partial charge in [0.15, 0.2) is 5.82 Å². The molecule has 0 aliphatic heterocycles. The van der Waals surface area contributed by atoms with Gasteiger partial charge in [0.05, 0.1) is 28.8 Å². The van der Waals surface area contributed by atoms with E-state index >= 15 is 0 Å². The molecule has 0 unspecified atom stereocenters. The molecule has 2 heterocycles. The Bertz CT molecular complexity index is 641. The van der Waals surface area contributed by atoms with E-state index in [0.29, 0.717) is 12.4 Å². The maximum absolute atomic E-state index is 12.4. The van der Waals surface area contributed by atoms with Crippen molar-refractivity contribution in [3.05, 3.63) is 45.4 Å². The Kier molecular flexibility index (Phi) is 3.14. The number of hydrogen-bond acceptors (Lipinski definition) is 4. The second-order valence-electron chi connectivity index (χ2n) is 3.43. The van der Waals surface area contributed by atoms with Gasteiger partial charge in [0.2, 0.25) is 0 Å². The molecule has 2 rings (SSSR count). The minimum atomic E-state index is -4.55. The molecule has 0 radical (unpaired) electrons. The van der Waals surface area contributed by atoms with Crippen LogP contribution in [0.3, 0.4) is 0 Å². The van der Waals surface area contributed by atoms with E-state index in [0.717, 1.165) is 16.8 Å². The van der Waals surface area contributed by atoms with Gasteiger partial charge >= 0.3 is 6.18 Å². The summed E-state index contributed by atoms with van der Waals surface area (Å²) in [6.45, 7) is 0. The average molecular weight is 293 g/mol. The molecule has 0 saturated carbocycles. The number of alkyl halides is 3. The van der Waals surface area contributed by atoms with Gasteiger partial charge in [-0.15, -0.1) is 0 Å². The van der Waals surface area contributed by atoms with E-state index in [9.17, 15) is 23.3 Å². The molecule has 0 amide bonds. The fourth-order valence-electron chi connectivity index (χ4n) is 1.29. The molecule has 0 spiro atoms. The van der Waals surface area contributed by atoms with E-state index in [1.54, 1.807) is 0 Å². The Morgan fingerprint density at radius 1 is 1.37 bits per heavy atom. The first-order chi connectivity index (χ1) is 8.77. The Morgan fingerprint density at radius 3 is 2.58 bits per heavy atom. The van der Waals surface area contributed by atoms with Crippen LogP contribution >= 0.6 is 11.6 Å². The van der Waals surface area contributed by atoms with Crippen molar-refractivity contribution in [3.63, 3.8) is 0 Å². The highest BCUT2D eigenvalue weighted by Gasteiger charge is 2.32. The van der Waals surface area contributed by atoms with E-state index in [2.05, 4.69) is 10.1 Å². The Hall–Kier alpha value is -2.16. The average Bonchev–Trinajstić information content (AvgIpc) is 2.76. The monoisotopic (exact) mass is 292 g/mol. The lowest BCUT2D eigenvalue weighted by Crippen LogP contribution is -2.03. The third kappa shape index (κ3) is 2.81. The van der Waals surface area contributed by atoms with Crippen molar-refractivity contribution in [1.82, 2.24) is 14.8 Å². The van der Waals surface area contributed by atoms with Gasteiger partial charge in [-0.1, -0.05) is 11.6 Å². The van der Waals surface area contributed by atoms with Crippen LogP contribution in [0.25, 0.3) is 5.82 Å². The highest BCUT2D eigenvalue weighted by molar-refractivity contribution is 6.29.